The van der Waals surface area contributed by atoms with Crippen molar-refractivity contribution in [3.05, 3.63) is 0 Å². The number of fused-ring (bicyclic) bond motifs is 1. The minimum atomic E-state index is -1.14. The van der Waals surface area contributed by atoms with Crippen molar-refractivity contribution in [2.24, 2.45) is 0 Å². The Labute approximate surface area is 106 Å². The molecule has 3 aliphatic rings. The molecule has 0 bridgehead atoms. The summed E-state index contributed by atoms with van der Waals surface area (Å²) in [6.45, 7) is 7.74. The molecule has 1 spiro atoms. The van der Waals surface area contributed by atoms with Gasteiger partial charge in [-0.1, -0.05) is 0 Å². The van der Waals surface area contributed by atoms with Crippen LogP contribution in [-0.2, 0) is 23.7 Å². The Morgan fingerprint density at radius 3 is 2.33 bits per heavy atom. The van der Waals surface area contributed by atoms with E-state index in [2.05, 4.69) is 0 Å². The van der Waals surface area contributed by atoms with E-state index in [0.717, 1.165) is 0 Å². The van der Waals surface area contributed by atoms with E-state index in [1.807, 2.05) is 13.8 Å². The second-order valence-electron chi connectivity index (χ2n) is 6.00. The van der Waals surface area contributed by atoms with Gasteiger partial charge in [0.2, 0.25) is 5.79 Å². The van der Waals surface area contributed by atoms with E-state index >= 15 is 0 Å². The molecule has 104 valence electrons. The van der Waals surface area contributed by atoms with E-state index in [1.165, 1.54) is 0 Å². The average molecular weight is 260 g/mol. The van der Waals surface area contributed by atoms with Crippen LogP contribution in [0.5, 0.6) is 0 Å². The Kier molecular flexibility index (Phi) is 2.59. The van der Waals surface area contributed by atoms with E-state index in [-0.39, 0.29) is 12.7 Å². The largest absolute Gasteiger partial charge is 0.385 e. The van der Waals surface area contributed by atoms with Gasteiger partial charge in [0.25, 0.3) is 0 Å². The maximum absolute atomic E-state index is 10.5. The van der Waals surface area contributed by atoms with E-state index in [0.29, 0.717) is 6.61 Å². The first-order valence-electron chi connectivity index (χ1n) is 6.25. The zero-order chi connectivity index (χ0) is 13.2. The third-order valence-electron chi connectivity index (χ3n) is 3.51. The summed E-state index contributed by atoms with van der Waals surface area (Å²) in [7, 11) is 0. The van der Waals surface area contributed by atoms with Gasteiger partial charge in [0.05, 0.1) is 6.61 Å². The maximum Gasteiger partial charge on any atom is 0.224 e. The summed E-state index contributed by atoms with van der Waals surface area (Å²) in [6, 6.07) is 0. The molecule has 0 unspecified atom stereocenters. The topological polar surface area (TPSA) is 66.4 Å². The van der Waals surface area contributed by atoms with Crippen LogP contribution in [0.4, 0.5) is 0 Å². The highest BCUT2D eigenvalue weighted by molar-refractivity contribution is 5.00. The Hall–Kier alpha value is -0.240. The highest BCUT2D eigenvalue weighted by Gasteiger charge is 2.62. The first-order valence-corrected chi connectivity index (χ1v) is 6.25. The predicted octanol–water partition coefficient (Wildman–Crippen LogP) is 0.377. The van der Waals surface area contributed by atoms with Crippen LogP contribution in [-0.4, -0.2) is 54.0 Å². The van der Waals surface area contributed by atoms with Gasteiger partial charge in [-0.05, 0) is 27.7 Å². The highest BCUT2D eigenvalue weighted by Crippen LogP contribution is 2.43. The average Bonchev–Trinajstić information content (AvgIpc) is 2.71. The molecule has 0 aromatic heterocycles. The van der Waals surface area contributed by atoms with Crippen molar-refractivity contribution in [3.8, 4) is 0 Å². The molecule has 0 aromatic carbocycles. The summed E-state index contributed by atoms with van der Waals surface area (Å²) < 4.78 is 28.3. The molecule has 0 amide bonds. The van der Waals surface area contributed by atoms with Crippen LogP contribution in [0.25, 0.3) is 0 Å². The van der Waals surface area contributed by atoms with Gasteiger partial charge >= 0.3 is 0 Å². The van der Waals surface area contributed by atoms with Gasteiger partial charge in [-0.2, -0.15) is 0 Å². The van der Waals surface area contributed by atoms with Crippen LogP contribution in [0.15, 0.2) is 0 Å². The lowest BCUT2D eigenvalue weighted by molar-refractivity contribution is -0.326. The quantitative estimate of drug-likeness (QED) is 0.679. The zero-order valence-electron chi connectivity index (χ0n) is 11.1. The predicted molar refractivity (Wildman–Crippen MR) is 59.6 cm³/mol. The number of hydrogen-bond donors (Lipinski definition) is 1. The molecule has 6 heteroatoms. The van der Waals surface area contributed by atoms with Crippen LogP contribution < -0.4 is 0 Å². The fraction of sp³-hybridized carbons (Fsp3) is 1.00. The van der Waals surface area contributed by atoms with Crippen molar-refractivity contribution in [1.82, 2.24) is 0 Å². The second kappa shape index (κ2) is 3.65. The summed E-state index contributed by atoms with van der Waals surface area (Å²) >= 11 is 0. The number of hydrogen-bond acceptors (Lipinski definition) is 6. The zero-order valence-corrected chi connectivity index (χ0v) is 11.1. The SMILES string of the molecule is CC1(C)O[C@@H]2[C@H](CO[C@]3(COC(C)(C)O3)[C@H]2O)O1. The number of aliphatic hydroxyl groups is 1. The molecule has 4 atom stereocenters. The first kappa shape index (κ1) is 12.8. The molecule has 3 rings (SSSR count). The lowest BCUT2D eigenvalue weighted by Crippen LogP contribution is -2.61. The number of aliphatic hydroxyl groups excluding tert-OH is 1. The fourth-order valence-electron chi connectivity index (χ4n) is 2.78. The standard InChI is InChI=1S/C12H20O6/c1-10(2)15-6-12(18-10)9(13)8-7(5-14-12)16-11(3,4)17-8/h7-9,13H,5-6H2,1-4H3/t7-,8+,9-,12-/m0/s1. The normalized spacial score (nSPS) is 49.5. The summed E-state index contributed by atoms with van der Waals surface area (Å²) in [6.07, 6.45) is -1.65. The molecule has 3 aliphatic heterocycles. The third kappa shape index (κ3) is 1.88. The number of ether oxygens (including phenoxy) is 5. The fourth-order valence-corrected chi connectivity index (χ4v) is 2.78. The smallest absolute Gasteiger partial charge is 0.224 e. The van der Waals surface area contributed by atoms with Crippen molar-refractivity contribution in [3.63, 3.8) is 0 Å². The number of rotatable bonds is 0. The Morgan fingerprint density at radius 2 is 1.72 bits per heavy atom. The van der Waals surface area contributed by atoms with Crippen LogP contribution in [0.1, 0.15) is 27.7 Å². The Balaban J connectivity index is 1.82. The van der Waals surface area contributed by atoms with Gasteiger partial charge < -0.3 is 28.8 Å². The Morgan fingerprint density at radius 1 is 1.00 bits per heavy atom. The van der Waals surface area contributed by atoms with Crippen molar-refractivity contribution >= 4 is 0 Å². The first-order chi connectivity index (χ1) is 8.23. The molecule has 1 N–H and O–H groups in total. The third-order valence-corrected chi connectivity index (χ3v) is 3.51. The summed E-state index contributed by atoms with van der Waals surface area (Å²) in [5, 5.41) is 10.5. The minimum Gasteiger partial charge on any atom is -0.385 e. The Bertz CT molecular complexity index is 352. The van der Waals surface area contributed by atoms with E-state index in [9.17, 15) is 5.11 Å². The van der Waals surface area contributed by atoms with E-state index in [1.54, 1.807) is 13.8 Å². The molecule has 3 fully saturated rings. The molecule has 0 aliphatic carbocycles. The molecular weight excluding hydrogens is 240 g/mol. The van der Waals surface area contributed by atoms with Gasteiger partial charge in [-0.3, -0.25) is 0 Å². The molecule has 6 nitrogen and oxygen atoms in total. The maximum atomic E-state index is 10.5. The van der Waals surface area contributed by atoms with Crippen LogP contribution in [0.2, 0.25) is 0 Å². The van der Waals surface area contributed by atoms with Gasteiger partial charge in [-0.15, -0.1) is 0 Å². The van der Waals surface area contributed by atoms with Crippen LogP contribution in [0.3, 0.4) is 0 Å². The van der Waals surface area contributed by atoms with Gasteiger partial charge in [0, 0.05) is 0 Å². The minimum absolute atomic E-state index is 0.189. The molecule has 18 heavy (non-hydrogen) atoms. The molecule has 0 aromatic rings. The van der Waals surface area contributed by atoms with Crippen molar-refractivity contribution in [2.75, 3.05) is 13.2 Å². The van der Waals surface area contributed by atoms with Crippen LogP contribution >= 0.6 is 0 Å². The lowest BCUT2D eigenvalue weighted by atomic mass is 9.97. The van der Waals surface area contributed by atoms with Crippen molar-refractivity contribution in [2.45, 2.75) is 63.4 Å². The molecule has 0 radical (unpaired) electrons. The lowest BCUT2D eigenvalue weighted by Gasteiger charge is -2.41. The van der Waals surface area contributed by atoms with Crippen LogP contribution in [0, 0.1) is 0 Å². The van der Waals surface area contributed by atoms with Gasteiger partial charge in [-0.25, -0.2) is 0 Å². The van der Waals surface area contributed by atoms with Crippen molar-refractivity contribution in [1.29, 1.82) is 0 Å². The summed E-state index contributed by atoms with van der Waals surface area (Å²) in [4.78, 5) is 0. The summed E-state index contributed by atoms with van der Waals surface area (Å²) in [5.41, 5.74) is 0. The van der Waals surface area contributed by atoms with Gasteiger partial charge in [0.15, 0.2) is 11.6 Å². The summed E-state index contributed by atoms with van der Waals surface area (Å²) in [5.74, 6) is -2.61. The molecular formula is C12H20O6. The van der Waals surface area contributed by atoms with Gasteiger partial charge in [0.1, 0.15) is 24.9 Å². The van der Waals surface area contributed by atoms with E-state index < -0.39 is 29.6 Å². The molecule has 0 saturated carbocycles. The van der Waals surface area contributed by atoms with Crippen molar-refractivity contribution < 1.29 is 28.8 Å². The second-order valence-corrected chi connectivity index (χ2v) is 6.00. The molecule has 3 heterocycles. The van der Waals surface area contributed by atoms with E-state index in [4.69, 9.17) is 23.7 Å². The molecule has 3 saturated heterocycles. The monoisotopic (exact) mass is 260 g/mol. The highest BCUT2D eigenvalue weighted by atomic mass is 16.9.